The van der Waals surface area contributed by atoms with Gasteiger partial charge < -0.3 is 13.3 Å². The Balaban J connectivity index is 0.000000355. The van der Waals surface area contributed by atoms with Crippen LogP contribution in [0.2, 0.25) is 0 Å². The van der Waals surface area contributed by atoms with Gasteiger partial charge in [-0.1, -0.05) is 5.56 Å². The number of nitrogens with zero attached hydrogens (tertiary/aromatic N) is 3. The molecule has 0 N–H and O–H groups in total. The van der Waals surface area contributed by atoms with E-state index in [-0.39, 0.29) is 25.3 Å². The maximum absolute atomic E-state index is 13.2. The van der Waals surface area contributed by atoms with Crippen molar-refractivity contribution in [2.24, 2.45) is 4.99 Å². The average molecular weight is 519 g/mol. The third-order valence-electron chi connectivity index (χ3n) is 3.92. The maximum atomic E-state index is 13.2. The molecule has 0 radical (unpaired) electrons. The third kappa shape index (κ3) is 8.61. The first-order valence-electron chi connectivity index (χ1n) is 8.58. The summed E-state index contributed by atoms with van der Waals surface area (Å²) in [4.78, 5) is 4.28. The Morgan fingerprint density at radius 1 is 1.07 bits per heavy atom. The molecule has 4 nitrogen and oxygen atoms in total. The number of benzene rings is 2. The number of methoxy groups -OCH3 is 1. The van der Waals surface area contributed by atoms with Crippen molar-refractivity contribution in [3.8, 4) is 5.75 Å². The molecule has 0 saturated carbocycles. The van der Waals surface area contributed by atoms with Gasteiger partial charge in [-0.25, -0.2) is 10.5 Å². The molecular weight excluding hydrogens is 494 g/mol. The van der Waals surface area contributed by atoms with Crippen LogP contribution in [0, 0.1) is 19.1 Å². The van der Waals surface area contributed by atoms with Gasteiger partial charge in [-0.15, -0.1) is 30.0 Å². The minimum Gasteiger partial charge on any atom is -0.497 e. The number of hydrogen-bond donors (Lipinski definition) is 0. The van der Waals surface area contributed by atoms with Gasteiger partial charge in [0.25, 0.3) is 0 Å². The van der Waals surface area contributed by atoms with Crippen molar-refractivity contribution < 1.29 is 28.6 Å². The van der Waals surface area contributed by atoms with E-state index in [0.717, 1.165) is 30.1 Å². The topological polar surface area (TPSA) is 28.1 Å². The molecule has 0 atom stereocenters. The Kier molecular flexibility index (Phi) is 12.4. The van der Waals surface area contributed by atoms with Crippen molar-refractivity contribution in [1.29, 1.82) is 0 Å². The summed E-state index contributed by atoms with van der Waals surface area (Å²) in [6.45, 7) is 9.94. The quantitative estimate of drug-likeness (QED) is 0.224. The first-order chi connectivity index (χ1) is 13.6. The first kappa shape index (κ1) is 25.9. The summed E-state index contributed by atoms with van der Waals surface area (Å²) in [5.74, 6) is 0.447. The van der Waals surface area contributed by atoms with E-state index < -0.39 is 0 Å². The standard InChI is InChI=1S/C16H13FNO.C5H11N2S2.Ru/c1-3-12-4-5-14(17)10-13(12)11-18-15-6-8-16(19-2)9-7-15;1-8-6-3-4-7(5-6)9-2;/h1,3-11H,2H3;5H,3-4H2,1-2H3;/q2*-1;+2. The zero-order valence-electron chi connectivity index (χ0n) is 16.6. The average Bonchev–Trinajstić information content (AvgIpc) is 3.21. The summed E-state index contributed by atoms with van der Waals surface area (Å²) >= 11 is 3.55. The number of ether oxygens (including phenoxy) is 1. The van der Waals surface area contributed by atoms with Crippen LogP contribution in [0.25, 0.3) is 6.08 Å². The molecule has 1 fully saturated rings. The third-order valence-corrected chi connectivity index (χ3v) is 5.41. The van der Waals surface area contributed by atoms with Gasteiger partial charge in [0.1, 0.15) is 11.6 Å². The number of rotatable bonds is 6. The molecule has 0 amide bonds. The number of aliphatic imine (C=N–C) groups is 1. The van der Waals surface area contributed by atoms with Crippen LogP contribution in [0.15, 0.2) is 47.5 Å². The molecule has 2 aromatic carbocycles. The zero-order valence-corrected chi connectivity index (χ0v) is 19.9. The maximum Gasteiger partial charge on any atom is 2.00 e. The molecule has 2 aromatic rings. The molecule has 0 spiro atoms. The Hall–Kier alpha value is -1.18. The Morgan fingerprint density at radius 3 is 2.17 bits per heavy atom. The summed E-state index contributed by atoms with van der Waals surface area (Å²) in [5, 5.41) is 0. The smallest absolute Gasteiger partial charge is 0.497 e. The second-order valence-corrected chi connectivity index (χ2v) is 7.33. The fourth-order valence-electron chi connectivity index (χ4n) is 2.35. The van der Waals surface area contributed by atoms with Crippen molar-refractivity contribution in [1.82, 2.24) is 8.61 Å². The van der Waals surface area contributed by atoms with Crippen LogP contribution < -0.4 is 4.74 Å². The minimum atomic E-state index is -0.318. The fourth-order valence-corrected chi connectivity index (χ4v) is 3.36. The summed E-state index contributed by atoms with van der Waals surface area (Å²) in [5.41, 5.74) is 2.13. The molecule has 1 aliphatic heterocycles. The molecule has 0 unspecified atom stereocenters. The summed E-state index contributed by atoms with van der Waals surface area (Å²) in [6.07, 6.45) is 7.21. The number of hydrogen-bond acceptors (Lipinski definition) is 6. The number of halogens is 1. The molecule has 3 rings (SSSR count). The van der Waals surface area contributed by atoms with Crippen molar-refractivity contribution in [2.45, 2.75) is 0 Å². The van der Waals surface area contributed by atoms with Crippen LogP contribution in [0.1, 0.15) is 11.1 Å². The van der Waals surface area contributed by atoms with E-state index in [4.69, 9.17) is 11.3 Å². The molecule has 0 aromatic heterocycles. The summed E-state index contributed by atoms with van der Waals surface area (Å²) < 4.78 is 22.7. The van der Waals surface area contributed by atoms with Crippen LogP contribution in [0.3, 0.4) is 0 Å². The first-order valence-corrected chi connectivity index (χ1v) is 10.9. The Bertz CT molecular complexity index is 780. The normalized spacial score (nSPS) is 14.2. The SMILES string of the molecule is CSN1[CH-]N(SC)CC1.[CH-]=Cc1ccc(F)cc1C=Nc1ccc(OC)cc1.[Ru+2]. The van der Waals surface area contributed by atoms with E-state index in [1.165, 1.54) is 18.2 Å². The second kappa shape index (κ2) is 13.9. The molecule has 29 heavy (non-hydrogen) atoms. The zero-order chi connectivity index (χ0) is 20.4. The summed E-state index contributed by atoms with van der Waals surface area (Å²) in [6, 6.07) is 11.6. The molecule has 1 aliphatic rings. The van der Waals surface area contributed by atoms with Crippen molar-refractivity contribution in [2.75, 3.05) is 32.7 Å². The van der Waals surface area contributed by atoms with Crippen LogP contribution in [-0.4, -0.2) is 47.5 Å². The van der Waals surface area contributed by atoms with E-state index >= 15 is 0 Å². The van der Waals surface area contributed by atoms with E-state index in [0.29, 0.717) is 5.56 Å². The van der Waals surface area contributed by atoms with E-state index in [1.54, 1.807) is 43.3 Å². The van der Waals surface area contributed by atoms with Gasteiger partial charge in [-0.2, -0.15) is 12.2 Å². The van der Waals surface area contributed by atoms with Crippen LogP contribution >= 0.6 is 23.9 Å². The van der Waals surface area contributed by atoms with Crippen molar-refractivity contribution in [3.63, 3.8) is 0 Å². The molecule has 1 saturated heterocycles. The van der Waals surface area contributed by atoms with Crippen molar-refractivity contribution in [3.05, 3.63) is 72.7 Å². The molecule has 1 heterocycles. The van der Waals surface area contributed by atoms with Gasteiger partial charge in [0.15, 0.2) is 0 Å². The van der Waals surface area contributed by atoms with E-state index in [1.807, 2.05) is 24.3 Å². The van der Waals surface area contributed by atoms with Crippen LogP contribution in [-0.2, 0) is 19.5 Å². The summed E-state index contributed by atoms with van der Waals surface area (Å²) in [7, 11) is 1.61. The van der Waals surface area contributed by atoms with Crippen LogP contribution in [0.5, 0.6) is 5.75 Å². The van der Waals surface area contributed by atoms with Crippen molar-refractivity contribution >= 4 is 41.9 Å². The Morgan fingerprint density at radius 2 is 1.69 bits per heavy atom. The van der Waals surface area contributed by atoms with Gasteiger partial charge in [-0.05, 0) is 62.0 Å². The van der Waals surface area contributed by atoms with Gasteiger partial charge in [0, 0.05) is 6.21 Å². The second-order valence-electron chi connectivity index (χ2n) is 5.66. The Labute approximate surface area is 194 Å². The van der Waals surface area contributed by atoms with Gasteiger partial charge >= 0.3 is 19.5 Å². The predicted molar refractivity (Wildman–Crippen MR) is 120 cm³/mol. The van der Waals surface area contributed by atoms with Crippen LogP contribution in [0.4, 0.5) is 10.1 Å². The molecule has 0 bridgehead atoms. The molecule has 156 valence electrons. The predicted octanol–water partition coefficient (Wildman–Crippen LogP) is 5.31. The monoisotopic (exact) mass is 519 g/mol. The fraction of sp³-hybridized carbons (Fsp3) is 0.238. The minimum absolute atomic E-state index is 0. The largest absolute Gasteiger partial charge is 2.00 e. The van der Waals surface area contributed by atoms with E-state index in [9.17, 15) is 4.39 Å². The van der Waals surface area contributed by atoms with Gasteiger partial charge in [0.05, 0.1) is 12.8 Å². The molecular formula is C21H24FN3ORuS2. The van der Waals surface area contributed by atoms with Gasteiger partial charge in [0.2, 0.25) is 0 Å². The van der Waals surface area contributed by atoms with Gasteiger partial charge in [-0.3, -0.25) is 11.6 Å². The molecule has 0 aliphatic carbocycles. The molecule has 8 heteroatoms. The van der Waals surface area contributed by atoms with E-state index in [2.05, 4.69) is 32.8 Å².